The molecule has 0 radical (unpaired) electrons. The average Bonchev–Trinajstić information content (AvgIpc) is 3.13. The van der Waals surface area contributed by atoms with Crippen molar-refractivity contribution in [3.05, 3.63) is 0 Å². The molecule has 3 atom stereocenters. The predicted molar refractivity (Wildman–Crippen MR) is 210 cm³/mol. The van der Waals surface area contributed by atoms with E-state index in [2.05, 4.69) is 18.4 Å². The zero-order valence-electron chi connectivity index (χ0n) is 33.6. The number of esters is 2. The highest BCUT2D eigenvalue weighted by atomic mass is 31.2. The molecule has 0 aliphatic heterocycles. The van der Waals surface area contributed by atoms with Gasteiger partial charge in [-0.25, -0.2) is 4.57 Å². The van der Waals surface area contributed by atoms with Crippen molar-refractivity contribution in [1.82, 2.24) is 0 Å². The van der Waals surface area contributed by atoms with Gasteiger partial charge in [-0.1, -0.05) is 187 Å². The molecule has 0 bridgehead atoms. The number of hydrogen-bond acceptors (Lipinski definition) is 9. The first-order valence-electron chi connectivity index (χ1n) is 21.5. The molecule has 3 N–H and O–H groups in total. The monoisotopic (exact) mass is 765 g/mol. The SMILES string of the molecule is CCCCCCCCCCCCCCCCCCCC(=O)O[C@H](COC(=O)CCCCCCCCCCCCCC)COP(=O)(O)OC[C@@H](O)CO. The van der Waals surface area contributed by atoms with E-state index in [0.717, 1.165) is 38.5 Å². The van der Waals surface area contributed by atoms with Gasteiger partial charge in [-0.05, 0) is 12.8 Å². The van der Waals surface area contributed by atoms with Gasteiger partial charge in [-0.15, -0.1) is 0 Å². The maximum Gasteiger partial charge on any atom is 0.472 e. The summed E-state index contributed by atoms with van der Waals surface area (Å²) in [6.45, 7) is 2.41. The molecule has 52 heavy (non-hydrogen) atoms. The maximum absolute atomic E-state index is 12.6. The Morgan fingerprint density at radius 3 is 1.19 bits per heavy atom. The lowest BCUT2D eigenvalue weighted by molar-refractivity contribution is -0.161. The summed E-state index contributed by atoms with van der Waals surface area (Å²) in [5.41, 5.74) is 0. The largest absolute Gasteiger partial charge is 0.472 e. The second kappa shape index (κ2) is 38.3. The molecular weight excluding hydrogens is 683 g/mol. The molecule has 0 fully saturated rings. The Morgan fingerprint density at radius 2 is 0.827 bits per heavy atom. The van der Waals surface area contributed by atoms with Gasteiger partial charge in [0.05, 0.1) is 19.8 Å². The second-order valence-electron chi connectivity index (χ2n) is 14.7. The van der Waals surface area contributed by atoms with E-state index in [1.54, 1.807) is 0 Å². The lowest BCUT2D eigenvalue weighted by Gasteiger charge is -2.20. The highest BCUT2D eigenvalue weighted by Crippen LogP contribution is 2.43. The quantitative estimate of drug-likeness (QED) is 0.0312. The van der Waals surface area contributed by atoms with Gasteiger partial charge in [0, 0.05) is 12.8 Å². The first-order chi connectivity index (χ1) is 25.2. The molecule has 0 aliphatic rings. The summed E-state index contributed by atoms with van der Waals surface area (Å²) in [5, 5.41) is 18.3. The van der Waals surface area contributed by atoms with Crippen molar-refractivity contribution in [2.24, 2.45) is 0 Å². The third kappa shape index (κ3) is 37.3. The van der Waals surface area contributed by atoms with Crippen molar-refractivity contribution < 1.29 is 47.8 Å². The van der Waals surface area contributed by atoms with Gasteiger partial charge in [-0.2, -0.15) is 0 Å². The number of rotatable bonds is 41. The topological polar surface area (TPSA) is 149 Å². The molecule has 0 aromatic carbocycles. The third-order valence-electron chi connectivity index (χ3n) is 9.51. The van der Waals surface area contributed by atoms with Crippen molar-refractivity contribution in [1.29, 1.82) is 0 Å². The summed E-state index contributed by atoms with van der Waals surface area (Å²) in [6, 6.07) is 0. The van der Waals surface area contributed by atoms with Crippen molar-refractivity contribution in [2.75, 3.05) is 26.4 Å². The minimum Gasteiger partial charge on any atom is -0.462 e. The first-order valence-corrected chi connectivity index (χ1v) is 23.0. The molecule has 0 saturated heterocycles. The predicted octanol–water partition coefficient (Wildman–Crippen LogP) is 11.1. The number of unbranched alkanes of at least 4 members (excludes halogenated alkanes) is 27. The van der Waals surface area contributed by atoms with Gasteiger partial charge >= 0.3 is 19.8 Å². The summed E-state index contributed by atoms with van der Waals surface area (Å²) in [5.74, 6) is -0.910. The van der Waals surface area contributed by atoms with Crippen LogP contribution in [0.3, 0.4) is 0 Å². The van der Waals surface area contributed by atoms with E-state index in [9.17, 15) is 24.2 Å². The van der Waals surface area contributed by atoms with Gasteiger partial charge in [0.25, 0.3) is 0 Å². The number of ether oxygens (including phenoxy) is 2. The Hall–Kier alpha value is -1.03. The van der Waals surface area contributed by atoms with Crippen LogP contribution in [0.15, 0.2) is 0 Å². The summed E-state index contributed by atoms with van der Waals surface area (Å²) >= 11 is 0. The number of phosphoric acid groups is 1. The highest BCUT2D eigenvalue weighted by molar-refractivity contribution is 7.47. The molecule has 11 heteroatoms. The summed E-state index contributed by atoms with van der Waals surface area (Å²) < 4.78 is 32.7. The molecule has 310 valence electrons. The molecule has 10 nitrogen and oxygen atoms in total. The van der Waals surface area contributed by atoms with E-state index < -0.39 is 51.8 Å². The van der Waals surface area contributed by atoms with Gasteiger partial charge in [0.15, 0.2) is 6.10 Å². The van der Waals surface area contributed by atoms with E-state index in [4.69, 9.17) is 19.1 Å². The van der Waals surface area contributed by atoms with Crippen LogP contribution in [0.4, 0.5) is 0 Å². The summed E-state index contributed by atoms with van der Waals surface area (Å²) in [4.78, 5) is 34.9. The van der Waals surface area contributed by atoms with Crippen LogP contribution in [0.2, 0.25) is 0 Å². The van der Waals surface area contributed by atoms with Crippen LogP contribution in [0.25, 0.3) is 0 Å². The molecule has 0 amide bonds. The lowest BCUT2D eigenvalue weighted by Crippen LogP contribution is -2.29. The van der Waals surface area contributed by atoms with Crippen LogP contribution >= 0.6 is 7.82 Å². The van der Waals surface area contributed by atoms with E-state index in [1.165, 1.54) is 135 Å². The number of aliphatic hydroxyl groups is 2. The van der Waals surface area contributed by atoms with Crippen LogP contribution in [-0.4, -0.2) is 65.7 Å². The van der Waals surface area contributed by atoms with E-state index in [1.807, 2.05) is 0 Å². The zero-order chi connectivity index (χ0) is 38.4. The number of phosphoric ester groups is 1. The normalized spacial score (nSPS) is 13.9. The molecule has 0 saturated carbocycles. The number of aliphatic hydroxyl groups excluding tert-OH is 2. The molecular formula is C41H81O10P. The summed E-state index contributed by atoms with van der Waals surface area (Å²) in [7, 11) is -4.61. The molecule has 0 rings (SSSR count). The third-order valence-corrected chi connectivity index (χ3v) is 10.5. The Balaban J connectivity index is 4.24. The molecule has 1 unspecified atom stereocenters. The van der Waals surface area contributed by atoms with Gasteiger partial charge in [0.2, 0.25) is 0 Å². The fourth-order valence-corrected chi connectivity index (χ4v) is 6.96. The van der Waals surface area contributed by atoms with E-state index in [-0.39, 0.29) is 19.4 Å². The minimum absolute atomic E-state index is 0.192. The minimum atomic E-state index is -4.61. The van der Waals surface area contributed by atoms with Gasteiger partial charge in [-0.3, -0.25) is 18.6 Å². The van der Waals surface area contributed by atoms with Crippen LogP contribution in [0.1, 0.15) is 213 Å². The Bertz CT molecular complexity index is 842. The molecule has 0 aliphatic carbocycles. The molecule has 0 aromatic rings. The maximum atomic E-state index is 12.6. The molecule has 0 spiro atoms. The van der Waals surface area contributed by atoms with E-state index in [0.29, 0.717) is 12.8 Å². The van der Waals surface area contributed by atoms with Crippen molar-refractivity contribution in [3.63, 3.8) is 0 Å². The fourth-order valence-electron chi connectivity index (χ4n) is 6.17. The molecule has 0 aromatic heterocycles. The first kappa shape index (κ1) is 51.0. The Morgan fingerprint density at radius 1 is 0.500 bits per heavy atom. The lowest BCUT2D eigenvalue weighted by atomic mass is 10.0. The van der Waals surface area contributed by atoms with Crippen LogP contribution < -0.4 is 0 Å². The van der Waals surface area contributed by atoms with E-state index >= 15 is 0 Å². The fraction of sp³-hybridized carbons (Fsp3) is 0.951. The van der Waals surface area contributed by atoms with Crippen LogP contribution in [-0.2, 0) is 32.7 Å². The van der Waals surface area contributed by atoms with Gasteiger partial charge < -0.3 is 24.6 Å². The number of hydrogen-bond donors (Lipinski definition) is 3. The number of carbonyl (C=O) groups excluding carboxylic acids is 2. The van der Waals surface area contributed by atoms with Crippen molar-refractivity contribution in [3.8, 4) is 0 Å². The molecule has 0 heterocycles. The average molecular weight is 765 g/mol. The van der Waals surface area contributed by atoms with Crippen LogP contribution in [0.5, 0.6) is 0 Å². The standard InChI is InChI=1S/C41H81O10P/c1-3-5-7-9-11-13-15-17-18-19-20-21-23-25-27-29-31-33-41(45)51-39(37-50-52(46,47)49-35-38(43)34-42)36-48-40(44)32-30-28-26-24-22-16-14-12-10-8-6-4-2/h38-39,42-43H,3-37H2,1-2H3,(H,46,47)/t38-,39+/m0/s1. The van der Waals surface area contributed by atoms with Crippen LogP contribution in [0, 0.1) is 0 Å². The smallest absolute Gasteiger partial charge is 0.462 e. The summed E-state index contributed by atoms with van der Waals surface area (Å²) in [6.07, 6.45) is 33.5. The zero-order valence-corrected chi connectivity index (χ0v) is 34.4. The highest BCUT2D eigenvalue weighted by Gasteiger charge is 2.27. The van der Waals surface area contributed by atoms with Crippen molar-refractivity contribution in [2.45, 2.75) is 225 Å². The Labute approximate surface area is 318 Å². The number of carbonyl (C=O) groups is 2. The Kier molecular flexibility index (Phi) is 37.5. The van der Waals surface area contributed by atoms with Crippen molar-refractivity contribution >= 4 is 19.8 Å². The second-order valence-corrected chi connectivity index (χ2v) is 16.2. The van der Waals surface area contributed by atoms with Gasteiger partial charge in [0.1, 0.15) is 12.7 Å².